The summed E-state index contributed by atoms with van der Waals surface area (Å²) in [4.78, 5) is 11.4. The molecule has 0 amide bonds. The van der Waals surface area contributed by atoms with Gasteiger partial charge in [-0.15, -0.1) is 11.3 Å². The molecule has 0 aliphatic carbocycles. The number of halogens is 2. The first kappa shape index (κ1) is 12.1. The van der Waals surface area contributed by atoms with Gasteiger partial charge in [-0.1, -0.05) is 13.8 Å². The zero-order valence-electron chi connectivity index (χ0n) is 8.41. The Balaban J connectivity index is 2.97. The summed E-state index contributed by atoms with van der Waals surface area (Å²) < 4.78 is 24.6. The van der Waals surface area contributed by atoms with E-state index in [2.05, 4.69) is 0 Å². The van der Waals surface area contributed by atoms with E-state index >= 15 is 0 Å². The standard InChI is InChI=1S/C10H12F2O2S/c1-5(2)8(10(13)14)7-3-6(4-15-7)9(11)12/h3-5,8-9H,1-2H3,(H,13,14). The normalized spacial score (nSPS) is 13.5. The molecule has 0 aliphatic heterocycles. The van der Waals surface area contributed by atoms with Crippen LogP contribution in [0.3, 0.4) is 0 Å². The van der Waals surface area contributed by atoms with Crippen molar-refractivity contribution in [2.75, 3.05) is 0 Å². The number of carbonyl (C=O) groups is 1. The minimum atomic E-state index is -2.53. The van der Waals surface area contributed by atoms with E-state index in [0.717, 1.165) is 11.3 Å². The fourth-order valence-corrected chi connectivity index (χ4v) is 2.55. The number of rotatable bonds is 4. The van der Waals surface area contributed by atoms with Crippen LogP contribution in [0.5, 0.6) is 0 Å². The van der Waals surface area contributed by atoms with Crippen molar-refractivity contribution in [3.8, 4) is 0 Å². The number of alkyl halides is 2. The average molecular weight is 234 g/mol. The van der Waals surface area contributed by atoms with Crippen LogP contribution in [-0.2, 0) is 4.79 Å². The van der Waals surface area contributed by atoms with Crippen molar-refractivity contribution in [3.05, 3.63) is 21.9 Å². The van der Waals surface area contributed by atoms with Crippen molar-refractivity contribution in [2.45, 2.75) is 26.2 Å². The van der Waals surface area contributed by atoms with Gasteiger partial charge in [0.15, 0.2) is 0 Å². The third-order valence-electron chi connectivity index (χ3n) is 2.13. The lowest BCUT2D eigenvalue weighted by Crippen LogP contribution is -2.16. The fourth-order valence-electron chi connectivity index (χ4n) is 1.38. The van der Waals surface area contributed by atoms with E-state index in [1.54, 1.807) is 13.8 Å². The Morgan fingerprint density at radius 3 is 2.40 bits per heavy atom. The van der Waals surface area contributed by atoms with Crippen molar-refractivity contribution in [3.63, 3.8) is 0 Å². The average Bonchev–Trinajstić information content (AvgIpc) is 2.51. The highest BCUT2D eigenvalue weighted by molar-refractivity contribution is 7.10. The molecular formula is C10H12F2O2S. The van der Waals surface area contributed by atoms with Gasteiger partial charge in [0.1, 0.15) is 0 Å². The lowest BCUT2D eigenvalue weighted by Gasteiger charge is -2.13. The molecule has 2 nitrogen and oxygen atoms in total. The van der Waals surface area contributed by atoms with Crippen LogP contribution in [0, 0.1) is 5.92 Å². The molecule has 1 aromatic heterocycles. The monoisotopic (exact) mass is 234 g/mol. The molecule has 0 saturated carbocycles. The van der Waals surface area contributed by atoms with Crippen LogP contribution in [0.2, 0.25) is 0 Å². The molecule has 0 saturated heterocycles. The maximum Gasteiger partial charge on any atom is 0.312 e. The Kier molecular flexibility index (Phi) is 3.79. The van der Waals surface area contributed by atoms with Crippen LogP contribution >= 0.6 is 11.3 Å². The Morgan fingerprint density at radius 2 is 2.07 bits per heavy atom. The molecule has 0 aromatic carbocycles. The molecule has 5 heteroatoms. The van der Waals surface area contributed by atoms with Gasteiger partial charge in [0.2, 0.25) is 0 Å². The Bertz CT molecular complexity index is 347. The number of carboxylic acid groups (broad SMARTS) is 1. The summed E-state index contributed by atoms with van der Waals surface area (Å²) in [5, 5.41) is 10.3. The van der Waals surface area contributed by atoms with Gasteiger partial charge in [-0.05, 0) is 17.4 Å². The Morgan fingerprint density at radius 1 is 1.47 bits per heavy atom. The SMILES string of the molecule is CC(C)C(C(=O)O)c1cc(C(F)F)cs1. The summed E-state index contributed by atoms with van der Waals surface area (Å²) in [6.07, 6.45) is -2.53. The smallest absolute Gasteiger partial charge is 0.312 e. The van der Waals surface area contributed by atoms with Gasteiger partial charge in [-0.3, -0.25) is 4.79 Å². The molecule has 0 bridgehead atoms. The molecule has 1 N–H and O–H groups in total. The van der Waals surface area contributed by atoms with E-state index in [0.29, 0.717) is 4.88 Å². The van der Waals surface area contributed by atoms with Gasteiger partial charge in [-0.2, -0.15) is 0 Å². The maximum atomic E-state index is 12.3. The van der Waals surface area contributed by atoms with E-state index < -0.39 is 18.3 Å². The largest absolute Gasteiger partial charge is 0.481 e. The van der Waals surface area contributed by atoms with Gasteiger partial charge < -0.3 is 5.11 Å². The zero-order chi connectivity index (χ0) is 11.6. The van der Waals surface area contributed by atoms with E-state index in [9.17, 15) is 13.6 Å². The quantitative estimate of drug-likeness (QED) is 0.865. The van der Waals surface area contributed by atoms with E-state index in [1.165, 1.54) is 11.4 Å². The second kappa shape index (κ2) is 4.70. The summed E-state index contributed by atoms with van der Waals surface area (Å²) in [5.74, 6) is -1.76. The highest BCUT2D eigenvalue weighted by Crippen LogP contribution is 2.33. The molecule has 0 radical (unpaired) electrons. The Labute approximate surface area is 90.5 Å². The van der Waals surface area contributed by atoms with Gasteiger partial charge in [0.05, 0.1) is 5.92 Å². The topological polar surface area (TPSA) is 37.3 Å². The number of hydrogen-bond acceptors (Lipinski definition) is 2. The van der Waals surface area contributed by atoms with Crippen LogP contribution in [0.25, 0.3) is 0 Å². The summed E-state index contributed by atoms with van der Waals surface area (Å²) in [7, 11) is 0. The molecule has 0 aliphatic rings. The summed E-state index contributed by atoms with van der Waals surface area (Å²) >= 11 is 1.08. The second-order valence-corrected chi connectivity index (χ2v) is 4.59. The molecule has 0 fully saturated rings. The highest BCUT2D eigenvalue weighted by atomic mass is 32.1. The molecule has 1 rings (SSSR count). The molecule has 1 heterocycles. The van der Waals surface area contributed by atoms with Gasteiger partial charge in [0.25, 0.3) is 6.43 Å². The maximum absolute atomic E-state index is 12.3. The molecule has 1 aromatic rings. The third kappa shape index (κ3) is 2.75. The predicted molar refractivity (Wildman–Crippen MR) is 54.5 cm³/mol. The number of aliphatic carboxylic acids is 1. The van der Waals surface area contributed by atoms with E-state index in [-0.39, 0.29) is 11.5 Å². The molecule has 1 unspecified atom stereocenters. The lowest BCUT2D eigenvalue weighted by atomic mass is 9.94. The lowest BCUT2D eigenvalue weighted by molar-refractivity contribution is -0.139. The second-order valence-electron chi connectivity index (χ2n) is 3.64. The number of thiophene rings is 1. The summed E-state index contributed by atoms with van der Waals surface area (Å²) in [6.45, 7) is 3.53. The van der Waals surface area contributed by atoms with Crippen LogP contribution < -0.4 is 0 Å². The molecule has 0 spiro atoms. The predicted octanol–water partition coefficient (Wildman–Crippen LogP) is 3.51. The van der Waals surface area contributed by atoms with Gasteiger partial charge in [-0.25, -0.2) is 8.78 Å². The summed E-state index contributed by atoms with van der Waals surface area (Å²) in [6, 6.07) is 1.29. The molecule has 15 heavy (non-hydrogen) atoms. The number of hydrogen-bond donors (Lipinski definition) is 1. The van der Waals surface area contributed by atoms with E-state index in [4.69, 9.17) is 5.11 Å². The van der Waals surface area contributed by atoms with Crippen molar-refractivity contribution in [1.82, 2.24) is 0 Å². The number of carboxylic acids is 1. The van der Waals surface area contributed by atoms with Crippen LogP contribution in [-0.4, -0.2) is 11.1 Å². The minimum absolute atomic E-state index is 0.0955. The van der Waals surface area contributed by atoms with Crippen LogP contribution in [0.4, 0.5) is 8.78 Å². The van der Waals surface area contributed by atoms with Gasteiger partial charge >= 0.3 is 5.97 Å². The summed E-state index contributed by atoms with van der Waals surface area (Å²) in [5.41, 5.74) is -0.0955. The zero-order valence-corrected chi connectivity index (χ0v) is 9.22. The van der Waals surface area contributed by atoms with Crippen molar-refractivity contribution >= 4 is 17.3 Å². The van der Waals surface area contributed by atoms with Crippen molar-refractivity contribution in [2.24, 2.45) is 5.92 Å². The molecular weight excluding hydrogens is 222 g/mol. The van der Waals surface area contributed by atoms with Crippen LogP contribution in [0.15, 0.2) is 11.4 Å². The first-order chi connectivity index (χ1) is 6.93. The van der Waals surface area contributed by atoms with E-state index in [1.807, 2.05) is 0 Å². The van der Waals surface area contributed by atoms with Crippen molar-refractivity contribution in [1.29, 1.82) is 0 Å². The third-order valence-corrected chi connectivity index (χ3v) is 3.17. The van der Waals surface area contributed by atoms with Crippen molar-refractivity contribution < 1.29 is 18.7 Å². The molecule has 1 atom stereocenters. The first-order valence-electron chi connectivity index (χ1n) is 4.52. The molecule has 84 valence electrons. The Hall–Kier alpha value is -0.970. The van der Waals surface area contributed by atoms with Crippen LogP contribution in [0.1, 0.15) is 36.6 Å². The highest BCUT2D eigenvalue weighted by Gasteiger charge is 2.26. The van der Waals surface area contributed by atoms with Gasteiger partial charge in [0, 0.05) is 10.4 Å². The fraction of sp³-hybridized carbons (Fsp3) is 0.500. The minimum Gasteiger partial charge on any atom is -0.481 e. The first-order valence-corrected chi connectivity index (χ1v) is 5.40.